The minimum absolute atomic E-state index is 0.0263. The zero-order valence-corrected chi connectivity index (χ0v) is 11.8. The molecule has 0 bridgehead atoms. The normalized spacial score (nSPS) is 10.8. The van der Waals surface area contributed by atoms with E-state index in [1.807, 2.05) is 0 Å². The third-order valence-corrected chi connectivity index (χ3v) is 3.00. The Hall–Kier alpha value is -2.93. The number of carbonyl (C=O) groups excluding carboxylic acids is 1. The Morgan fingerprint density at radius 3 is 2.86 bits per heavy atom. The van der Waals surface area contributed by atoms with E-state index in [9.17, 15) is 20.1 Å². The van der Waals surface area contributed by atoms with E-state index < -0.39 is 5.91 Å². The number of nitrogens with zero attached hydrogens (tertiary/aromatic N) is 2. The van der Waals surface area contributed by atoms with Gasteiger partial charge in [0, 0.05) is 22.9 Å². The lowest BCUT2D eigenvalue weighted by atomic mass is 10.1. The third-order valence-electron chi connectivity index (χ3n) is 3.00. The summed E-state index contributed by atoms with van der Waals surface area (Å²) in [5, 5.41) is 32.2. The Morgan fingerprint density at radius 1 is 1.41 bits per heavy atom. The first kappa shape index (κ1) is 15.5. The number of aryl methyl sites for hydroxylation is 1. The molecule has 0 aliphatic carbocycles. The number of aliphatic hydroxyl groups excluding tert-OH is 1. The number of benzene rings is 1. The molecule has 0 fully saturated rings. The van der Waals surface area contributed by atoms with Crippen LogP contribution in [0.15, 0.2) is 35.6 Å². The number of rotatable bonds is 4. The molecule has 0 radical (unpaired) electrons. The number of aromatic hydroxyl groups is 2. The molecule has 0 unspecified atom stereocenters. The quantitative estimate of drug-likeness (QED) is 0.498. The van der Waals surface area contributed by atoms with Crippen molar-refractivity contribution in [2.45, 2.75) is 13.5 Å². The van der Waals surface area contributed by atoms with Crippen LogP contribution in [0.1, 0.15) is 27.2 Å². The fourth-order valence-corrected chi connectivity index (χ4v) is 1.79. The Bertz CT molecular complexity index is 729. The maximum Gasteiger partial charge on any atom is 0.271 e. The highest BCUT2D eigenvalue weighted by atomic mass is 16.3. The van der Waals surface area contributed by atoms with Crippen molar-refractivity contribution in [3.05, 3.63) is 52.8 Å². The number of phenols is 1. The smallest absolute Gasteiger partial charge is 0.271 e. The van der Waals surface area contributed by atoms with Gasteiger partial charge < -0.3 is 15.3 Å². The van der Waals surface area contributed by atoms with Crippen LogP contribution in [0.25, 0.3) is 0 Å². The van der Waals surface area contributed by atoms with Gasteiger partial charge in [0.1, 0.15) is 11.5 Å². The second kappa shape index (κ2) is 6.68. The maximum absolute atomic E-state index is 11.8. The van der Waals surface area contributed by atoms with Gasteiger partial charge >= 0.3 is 0 Å². The lowest BCUT2D eigenvalue weighted by molar-refractivity contribution is 0.0954. The number of aromatic nitrogens is 1. The molecule has 2 rings (SSSR count). The topological polar surface area (TPSA) is 115 Å². The number of hydrogen-bond acceptors (Lipinski definition) is 6. The molecular formula is C15H15N3O4. The van der Waals surface area contributed by atoms with Crippen molar-refractivity contribution in [3.63, 3.8) is 0 Å². The van der Waals surface area contributed by atoms with E-state index in [2.05, 4.69) is 15.5 Å². The molecule has 0 saturated heterocycles. The molecule has 0 aliphatic heterocycles. The maximum atomic E-state index is 11.8. The highest BCUT2D eigenvalue weighted by Gasteiger charge is 2.10. The Kier molecular flexibility index (Phi) is 4.70. The number of phenolic OH excluding ortho intramolecular Hbond substituents is 1. The highest BCUT2D eigenvalue weighted by molar-refractivity contribution is 5.95. The van der Waals surface area contributed by atoms with E-state index in [0.717, 1.165) is 0 Å². The van der Waals surface area contributed by atoms with E-state index in [1.165, 1.54) is 36.7 Å². The minimum Gasteiger partial charge on any atom is -0.508 e. The molecule has 1 heterocycles. The van der Waals surface area contributed by atoms with Crippen molar-refractivity contribution in [1.29, 1.82) is 0 Å². The number of carbonyl (C=O) groups is 1. The molecule has 1 amide bonds. The summed E-state index contributed by atoms with van der Waals surface area (Å²) in [4.78, 5) is 15.8. The van der Waals surface area contributed by atoms with E-state index >= 15 is 0 Å². The lowest BCUT2D eigenvalue weighted by Crippen LogP contribution is -2.17. The van der Waals surface area contributed by atoms with Crippen LogP contribution in [-0.4, -0.2) is 32.4 Å². The summed E-state index contributed by atoms with van der Waals surface area (Å²) in [6, 6.07) is 5.82. The zero-order chi connectivity index (χ0) is 16.1. The standard InChI is InChI=1S/C15H15N3O4/c1-9-14(21)13(11(8-19)6-16-9)7-17-18-15(22)10-3-2-4-12(20)5-10/h2-7,19-21H,8H2,1H3,(H,18,22)/b17-7+. The molecule has 22 heavy (non-hydrogen) atoms. The van der Waals surface area contributed by atoms with Gasteiger partial charge in [0.15, 0.2) is 0 Å². The average Bonchev–Trinajstić information content (AvgIpc) is 2.51. The molecule has 0 aliphatic rings. The van der Waals surface area contributed by atoms with Crippen molar-refractivity contribution in [1.82, 2.24) is 10.4 Å². The molecule has 114 valence electrons. The number of amides is 1. The van der Waals surface area contributed by atoms with Gasteiger partial charge in [-0.15, -0.1) is 0 Å². The summed E-state index contributed by atoms with van der Waals surface area (Å²) >= 11 is 0. The molecular weight excluding hydrogens is 286 g/mol. The number of pyridine rings is 1. The van der Waals surface area contributed by atoms with E-state index in [4.69, 9.17) is 0 Å². The minimum atomic E-state index is -0.511. The summed E-state index contributed by atoms with van der Waals surface area (Å²) < 4.78 is 0. The van der Waals surface area contributed by atoms with Crippen LogP contribution in [0.4, 0.5) is 0 Å². The molecule has 1 aromatic heterocycles. The van der Waals surface area contributed by atoms with Crippen molar-refractivity contribution in [2.75, 3.05) is 0 Å². The van der Waals surface area contributed by atoms with Gasteiger partial charge in [-0.3, -0.25) is 9.78 Å². The summed E-state index contributed by atoms with van der Waals surface area (Å²) in [5.74, 6) is -0.647. The Balaban J connectivity index is 2.16. The van der Waals surface area contributed by atoms with Crippen LogP contribution >= 0.6 is 0 Å². The highest BCUT2D eigenvalue weighted by Crippen LogP contribution is 2.21. The van der Waals surface area contributed by atoms with Gasteiger partial charge in [-0.1, -0.05) is 6.07 Å². The second-order valence-electron chi connectivity index (χ2n) is 4.54. The summed E-state index contributed by atoms with van der Waals surface area (Å²) in [6.07, 6.45) is 2.66. The first-order valence-electron chi connectivity index (χ1n) is 6.43. The average molecular weight is 301 g/mol. The van der Waals surface area contributed by atoms with Gasteiger partial charge in [0.25, 0.3) is 5.91 Å². The predicted octanol–water partition coefficient (Wildman–Crippen LogP) is 1.06. The van der Waals surface area contributed by atoms with Crippen LogP contribution in [0.5, 0.6) is 11.5 Å². The summed E-state index contributed by atoms with van der Waals surface area (Å²) in [6.45, 7) is 1.29. The Morgan fingerprint density at radius 2 is 2.18 bits per heavy atom. The Labute approximate surface area is 126 Å². The van der Waals surface area contributed by atoms with Crippen molar-refractivity contribution in [2.24, 2.45) is 5.10 Å². The zero-order valence-electron chi connectivity index (χ0n) is 11.8. The first-order valence-corrected chi connectivity index (χ1v) is 6.43. The van der Waals surface area contributed by atoms with E-state index in [1.54, 1.807) is 6.92 Å². The predicted molar refractivity (Wildman–Crippen MR) is 79.7 cm³/mol. The number of nitrogens with one attached hydrogen (secondary N) is 1. The number of aliphatic hydroxyl groups is 1. The number of hydrazone groups is 1. The molecule has 0 spiro atoms. The molecule has 1 aromatic carbocycles. The summed E-state index contributed by atoms with van der Waals surface area (Å²) in [7, 11) is 0. The second-order valence-corrected chi connectivity index (χ2v) is 4.54. The molecule has 4 N–H and O–H groups in total. The molecule has 0 atom stereocenters. The van der Waals surface area contributed by atoms with Gasteiger partial charge in [-0.2, -0.15) is 5.10 Å². The molecule has 0 saturated carbocycles. The van der Waals surface area contributed by atoms with Crippen LogP contribution in [0.2, 0.25) is 0 Å². The fourth-order valence-electron chi connectivity index (χ4n) is 1.79. The van der Waals surface area contributed by atoms with Crippen LogP contribution < -0.4 is 5.43 Å². The van der Waals surface area contributed by atoms with E-state index in [0.29, 0.717) is 11.3 Å². The van der Waals surface area contributed by atoms with Crippen LogP contribution in [0, 0.1) is 6.92 Å². The van der Waals surface area contributed by atoms with Crippen LogP contribution in [0.3, 0.4) is 0 Å². The van der Waals surface area contributed by atoms with Gasteiger partial charge in [0.2, 0.25) is 0 Å². The van der Waals surface area contributed by atoms with Gasteiger partial charge in [-0.25, -0.2) is 5.43 Å². The number of hydrogen-bond donors (Lipinski definition) is 4. The van der Waals surface area contributed by atoms with E-state index in [-0.39, 0.29) is 29.2 Å². The van der Waals surface area contributed by atoms with Gasteiger partial charge in [-0.05, 0) is 25.1 Å². The monoisotopic (exact) mass is 301 g/mol. The fraction of sp³-hybridized carbons (Fsp3) is 0.133. The first-order chi connectivity index (χ1) is 10.5. The van der Waals surface area contributed by atoms with Gasteiger partial charge in [0.05, 0.1) is 18.5 Å². The van der Waals surface area contributed by atoms with Crippen molar-refractivity contribution in [3.8, 4) is 11.5 Å². The third kappa shape index (κ3) is 3.39. The van der Waals surface area contributed by atoms with Crippen molar-refractivity contribution >= 4 is 12.1 Å². The lowest BCUT2D eigenvalue weighted by Gasteiger charge is -2.07. The summed E-state index contributed by atoms with van der Waals surface area (Å²) in [5.41, 5.74) is 3.58. The van der Waals surface area contributed by atoms with Crippen LogP contribution in [-0.2, 0) is 6.61 Å². The molecule has 7 heteroatoms. The molecule has 7 nitrogen and oxygen atoms in total. The SMILES string of the molecule is Cc1ncc(CO)c(/C=N/NC(=O)c2cccc(O)c2)c1O. The van der Waals surface area contributed by atoms with Crippen molar-refractivity contribution < 1.29 is 20.1 Å². The molecule has 2 aromatic rings. The largest absolute Gasteiger partial charge is 0.508 e.